The number of hydrogen-bond donors (Lipinski definition) is 0. The van der Waals surface area contributed by atoms with Gasteiger partial charge in [0.25, 0.3) is 0 Å². The van der Waals surface area contributed by atoms with Crippen LogP contribution >= 0.6 is 0 Å². The fourth-order valence-corrected chi connectivity index (χ4v) is 3.45. The Bertz CT molecular complexity index is 1190. The third kappa shape index (κ3) is 8.00. The number of rotatable bonds is 5. The summed E-state index contributed by atoms with van der Waals surface area (Å²) >= 11 is 0. The number of pyridine rings is 1. The molecule has 0 unspecified atom stereocenters. The van der Waals surface area contributed by atoms with E-state index in [1.165, 1.54) is 0 Å². The van der Waals surface area contributed by atoms with Crippen molar-refractivity contribution in [1.82, 2.24) is 9.88 Å². The molecule has 0 aliphatic rings. The van der Waals surface area contributed by atoms with Crippen molar-refractivity contribution in [3.8, 4) is 0 Å². The Morgan fingerprint density at radius 1 is 0.784 bits per heavy atom. The van der Waals surface area contributed by atoms with Gasteiger partial charge < -0.3 is 9.47 Å². The molecule has 3 aromatic rings. The van der Waals surface area contributed by atoms with E-state index in [0.29, 0.717) is 11.4 Å². The Balaban J connectivity index is 2.03. The molecule has 37 heavy (non-hydrogen) atoms. The molecule has 7 heteroatoms. The minimum absolute atomic E-state index is 0.0489. The number of nitrogens with zero attached hydrogens (tertiary/aromatic N) is 3. The highest BCUT2D eigenvalue weighted by Gasteiger charge is 2.31. The summed E-state index contributed by atoms with van der Waals surface area (Å²) in [4.78, 5) is 36.4. The molecule has 2 amide bonds. The first-order valence-corrected chi connectivity index (χ1v) is 12.2. The second-order valence-electron chi connectivity index (χ2n) is 10.7. The fraction of sp³-hybridized carbons (Fsp3) is 0.333. The van der Waals surface area contributed by atoms with Crippen molar-refractivity contribution < 1.29 is 19.1 Å². The fourth-order valence-electron chi connectivity index (χ4n) is 3.45. The van der Waals surface area contributed by atoms with Gasteiger partial charge in [0.15, 0.2) is 5.82 Å². The molecule has 3 rings (SSSR count). The molecule has 0 saturated heterocycles. The summed E-state index contributed by atoms with van der Waals surface area (Å²) in [7, 11) is 0. The Kier molecular flexibility index (Phi) is 8.48. The van der Waals surface area contributed by atoms with E-state index in [0.717, 1.165) is 27.3 Å². The van der Waals surface area contributed by atoms with Crippen LogP contribution in [0, 0.1) is 6.92 Å². The van der Waals surface area contributed by atoms with E-state index in [4.69, 9.17) is 14.5 Å². The molecule has 0 aliphatic heterocycles. The number of benzene rings is 2. The highest BCUT2D eigenvalue weighted by molar-refractivity contribution is 6.13. The predicted octanol–water partition coefficient (Wildman–Crippen LogP) is 7.23. The standard InChI is InChI=1S/C30H35N3O4/c1-21-24(20-33(27(34)36-29(2,3)4)28(35)37-30(5,6)7)18-19-31-26(21)32-25(22-14-10-8-11-15-22)23-16-12-9-13-17-23/h8-19H,20H2,1-7H3. The van der Waals surface area contributed by atoms with Gasteiger partial charge in [-0.2, -0.15) is 0 Å². The molecule has 0 radical (unpaired) electrons. The zero-order valence-electron chi connectivity index (χ0n) is 22.6. The Morgan fingerprint density at radius 2 is 1.24 bits per heavy atom. The van der Waals surface area contributed by atoms with Crippen LogP contribution in [0.5, 0.6) is 0 Å². The average molecular weight is 502 g/mol. The lowest BCUT2D eigenvalue weighted by Gasteiger charge is -2.29. The van der Waals surface area contributed by atoms with Crippen LogP contribution in [0.15, 0.2) is 77.9 Å². The molecule has 7 nitrogen and oxygen atoms in total. The predicted molar refractivity (Wildman–Crippen MR) is 145 cm³/mol. The zero-order chi connectivity index (χ0) is 27.2. The minimum Gasteiger partial charge on any atom is -0.443 e. The van der Waals surface area contributed by atoms with Crippen LogP contribution in [-0.2, 0) is 16.0 Å². The molecule has 1 heterocycles. The minimum atomic E-state index is -0.780. The van der Waals surface area contributed by atoms with Crippen LogP contribution in [0.3, 0.4) is 0 Å². The average Bonchev–Trinajstić information content (AvgIpc) is 2.81. The number of imide groups is 1. The molecule has 194 valence electrons. The summed E-state index contributed by atoms with van der Waals surface area (Å²) in [6, 6.07) is 21.5. The molecule has 0 N–H and O–H groups in total. The summed E-state index contributed by atoms with van der Waals surface area (Å²) in [5.74, 6) is 0.494. The molecule has 0 fully saturated rings. The SMILES string of the molecule is Cc1c(CN(C(=O)OC(C)(C)C)C(=O)OC(C)(C)C)ccnc1N=C(c1ccccc1)c1ccccc1. The summed E-state index contributed by atoms with van der Waals surface area (Å²) in [5, 5.41) is 0. The molecular weight excluding hydrogens is 466 g/mol. The maximum Gasteiger partial charge on any atom is 0.420 e. The number of carbonyl (C=O) groups is 2. The summed E-state index contributed by atoms with van der Waals surface area (Å²) in [6.07, 6.45) is 0.0616. The van der Waals surface area contributed by atoms with Crippen molar-refractivity contribution in [3.05, 3.63) is 95.2 Å². The number of hydrogen-bond acceptors (Lipinski definition) is 6. The number of aromatic nitrogens is 1. The van der Waals surface area contributed by atoms with Gasteiger partial charge in [-0.1, -0.05) is 60.7 Å². The van der Waals surface area contributed by atoms with Gasteiger partial charge >= 0.3 is 12.2 Å². The lowest BCUT2D eigenvalue weighted by molar-refractivity contribution is -0.000275. The zero-order valence-corrected chi connectivity index (χ0v) is 22.6. The number of carbonyl (C=O) groups excluding carboxylic acids is 2. The van der Waals surface area contributed by atoms with Gasteiger partial charge in [-0.3, -0.25) is 0 Å². The molecular formula is C30H35N3O4. The van der Waals surface area contributed by atoms with E-state index in [-0.39, 0.29) is 6.54 Å². The quantitative estimate of drug-likeness (QED) is 0.344. The third-order valence-electron chi connectivity index (χ3n) is 5.16. The van der Waals surface area contributed by atoms with Crippen molar-refractivity contribution >= 4 is 23.7 Å². The van der Waals surface area contributed by atoms with Gasteiger partial charge in [-0.05, 0) is 65.7 Å². The summed E-state index contributed by atoms with van der Waals surface area (Å²) in [5.41, 5.74) is 2.55. The molecule has 2 aromatic carbocycles. The van der Waals surface area contributed by atoms with Crippen molar-refractivity contribution in [3.63, 3.8) is 0 Å². The van der Waals surface area contributed by atoms with Crippen LogP contribution in [0.4, 0.5) is 15.4 Å². The lowest BCUT2D eigenvalue weighted by Crippen LogP contribution is -2.43. The molecule has 0 atom stereocenters. The van der Waals surface area contributed by atoms with Crippen LogP contribution in [-0.4, -0.2) is 39.0 Å². The van der Waals surface area contributed by atoms with E-state index < -0.39 is 23.4 Å². The topological polar surface area (TPSA) is 81.1 Å². The van der Waals surface area contributed by atoms with Crippen LogP contribution in [0.2, 0.25) is 0 Å². The van der Waals surface area contributed by atoms with Crippen LogP contribution in [0.25, 0.3) is 0 Å². The largest absolute Gasteiger partial charge is 0.443 e. The number of ether oxygens (including phenoxy) is 2. The highest BCUT2D eigenvalue weighted by atomic mass is 16.6. The van der Waals surface area contributed by atoms with E-state index in [2.05, 4.69) is 4.98 Å². The second kappa shape index (κ2) is 11.4. The van der Waals surface area contributed by atoms with Gasteiger partial charge in [0, 0.05) is 17.3 Å². The highest BCUT2D eigenvalue weighted by Crippen LogP contribution is 2.25. The van der Waals surface area contributed by atoms with E-state index in [1.54, 1.807) is 53.8 Å². The monoisotopic (exact) mass is 501 g/mol. The number of aliphatic imine (C=N–C) groups is 1. The van der Waals surface area contributed by atoms with Crippen molar-refractivity contribution in [1.29, 1.82) is 0 Å². The number of amides is 2. The van der Waals surface area contributed by atoms with Gasteiger partial charge in [0.2, 0.25) is 0 Å². The summed E-state index contributed by atoms with van der Waals surface area (Å²) in [6.45, 7) is 12.3. The molecule has 0 aliphatic carbocycles. The van der Waals surface area contributed by atoms with Crippen molar-refractivity contribution in [2.24, 2.45) is 4.99 Å². The normalized spacial score (nSPS) is 11.4. The maximum absolute atomic E-state index is 13.0. The van der Waals surface area contributed by atoms with Gasteiger partial charge in [0.1, 0.15) is 11.2 Å². The second-order valence-corrected chi connectivity index (χ2v) is 10.7. The lowest BCUT2D eigenvalue weighted by atomic mass is 10.0. The Hall–Kier alpha value is -4.00. The van der Waals surface area contributed by atoms with Crippen LogP contribution < -0.4 is 0 Å². The molecule has 0 bridgehead atoms. The molecule has 1 aromatic heterocycles. The van der Waals surface area contributed by atoms with Crippen LogP contribution in [0.1, 0.15) is 63.8 Å². The first kappa shape index (κ1) is 27.6. The summed E-state index contributed by atoms with van der Waals surface area (Å²) < 4.78 is 11.0. The van der Waals surface area contributed by atoms with E-state index in [9.17, 15) is 9.59 Å². The first-order chi connectivity index (χ1) is 17.3. The van der Waals surface area contributed by atoms with Crippen molar-refractivity contribution in [2.45, 2.75) is 66.2 Å². The molecule has 0 saturated carbocycles. The van der Waals surface area contributed by atoms with E-state index >= 15 is 0 Å². The van der Waals surface area contributed by atoms with E-state index in [1.807, 2.05) is 67.6 Å². The Labute approximate surface area is 219 Å². The van der Waals surface area contributed by atoms with Gasteiger partial charge in [0.05, 0.1) is 12.3 Å². The molecule has 0 spiro atoms. The smallest absolute Gasteiger partial charge is 0.420 e. The van der Waals surface area contributed by atoms with Crippen molar-refractivity contribution in [2.75, 3.05) is 0 Å². The first-order valence-electron chi connectivity index (χ1n) is 12.2. The van der Waals surface area contributed by atoms with Gasteiger partial charge in [-0.25, -0.2) is 24.5 Å². The maximum atomic E-state index is 13.0. The third-order valence-corrected chi connectivity index (χ3v) is 5.16. The van der Waals surface area contributed by atoms with Gasteiger partial charge in [-0.15, -0.1) is 0 Å². The Morgan fingerprint density at radius 3 is 1.68 bits per heavy atom.